The number of esters is 3. The fourth-order valence-electron chi connectivity index (χ4n) is 1.07. The van der Waals surface area contributed by atoms with Crippen molar-refractivity contribution in [3.8, 4) is 0 Å². The van der Waals surface area contributed by atoms with Gasteiger partial charge in [0.15, 0.2) is 12.4 Å². The van der Waals surface area contributed by atoms with Crippen molar-refractivity contribution in [2.24, 2.45) is 0 Å². The number of carbonyl (C=O) groups is 7. The zero-order chi connectivity index (χ0) is 26.4. The standard InChI is InChI=1S/C8H10O4.C7H8O4S.C6H8O3/c1-3-12-8(11)5-4-7(10)6(2)9;1-3-5(8)7(12)11-4-6(9)10-2;1-3-5(7)6(8)9-4-2/h4-5H,3H2,1-2H3;3H,1,4H2,2H3;3H,1,4H2,2H3. The molecule has 0 unspecified atom stereocenters. The number of thiocarbonyl (C=S) groups is 1. The van der Waals surface area contributed by atoms with Crippen molar-refractivity contribution in [3.05, 3.63) is 37.5 Å². The summed E-state index contributed by atoms with van der Waals surface area (Å²) < 4.78 is 17.7. The topological polar surface area (TPSA) is 156 Å². The van der Waals surface area contributed by atoms with E-state index in [1.807, 2.05) is 0 Å². The van der Waals surface area contributed by atoms with E-state index in [-0.39, 0.29) is 24.9 Å². The van der Waals surface area contributed by atoms with Crippen LogP contribution >= 0.6 is 12.2 Å². The highest BCUT2D eigenvalue weighted by molar-refractivity contribution is 7.81. The number of ketones is 4. The van der Waals surface area contributed by atoms with Gasteiger partial charge in [0, 0.05) is 13.0 Å². The number of hydrogen-bond acceptors (Lipinski definition) is 12. The molecule has 0 N–H and O–H groups in total. The first kappa shape index (κ1) is 33.8. The molecule has 0 aromatic heterocycles. The van der Waals surface area contributed by atoms with Crippen LogP contribution in [0.15, 0.2) is 37.5 Å². The summed E-state index contributed by atoms with van der Waals surface area (Å²) in [6.07, 6.45) is 3.78. The van der Waals surface area contributed by atoms with Crippen LogP contribution in [-0.2, 0) is 52.5 Å². The van der Waals surface area contributed by atoms with E-state index in [0.717, 1.165) is 31.2 Å². The van der Waals surface area contributed by atoms with Crippen molar-refractivity contribution in [2.45, 2.75) is 20.8 Å². The third-order valence-corrected chi connectivity index (χ3v) is 2.92. The first-order chi connectivity index (χ1) is 15.4. The lowest BCUT2D eigenvalue weighted by molar-refractivity contribution is -0.151. The zero-order valence-corrected chi connectivity index (χ0v) is 19.6. The van der Waals surface area contributed by atoms with Crippen LogP contribution in [0.3, 0.4) is 0 Å². The first-order valence-electron chi connectivity index (χ1n) is 9.05. The highest BCUT2D eigenvalue weighted by Gasteiger charge is 2.09. The highest BCUT2D eigenvalue weighted by Crippen LogP contribution is 1.87. The van der Waals surface area contributed by atoms with Gasteiger partial charge in [-0.25, -0.2) is 14.4 Å². The molecule has 0 rings (SSSR count). The molecule has 0 saturated heterocycles. The molecule has 0 aliphatic rings. The fraction of sp³-hybridized carbons (Fsp3) is 0.333. The van der Waals surface area contributed by atoms with Crippen molar-refractivity contribution >= 4 is 58.3 Å². The second-order valence-corrected chi connectivity index (χ2v) is 5.39. The second kappa shape index (κ2) is 21.4. The number of allylic oxidation sites excluding steroid dienone is 1. The summed E-state index contributed by atoms with van der Waals surface area (Å²) in [6, 6.07) is 0. The minimum absolute atomic E-state index is 0.221. The monoisotopic (exact) mass is 486 g/mol. The summed E-state index contributed by atoms with van der Waals surface area (Å²) in [5, 5.41) is -0.282. The molecule has 0 spiro atoms. The first-order valence-corrected chi connectivity index (χ1v) is 9.45. The molecule has 182 valence electrons. The van der Waals surface area contributed by atoms with Gasteiger partial charge in [-0.1, -0.05) is 13.2 Å². The molecule has 33 heavy (non-hydrogen) atoms. The van der Waals surface area contributed by atoms with Gasteiger partial charge in [-0.3, -0.25) is 19.2 Å². The Kier molecular flexibility index (Phi) is 22.0. The quantitative estimate of drug-likeness (QED) is 0.133. The average molecular weight is 486 g/mol. The molecule has 0 radical (unpaired) electrons. The molecule has 0 aliphatic carbocycles. The van der Waals surface area contributed by atoms with E-state index in [9.17, 15) is 33.6 Å². The average Bonchev–Trinajstić information content (AvgIpc) is 2.80. The predicted octanol–water partition coefficient (Wildman–Crippen LogP) is 0.827. The third kappa shape index (κ3) is 21.2. The lowest BCUT2D eigenvalue weighted by atomic mass is 10.3. The van der Waals surface area contributed by atoms with Gasteiger partial charge in [0.1, 0.15) is 0 Å². The lowest BCUT2D eigenvalue weighted by Gasteiger charge is -2.01. The van der Waals surface area contributed by atoms with Crippen LogP contribution in [0.1, 0.15) is 20.8 Å². The maximum absolute atomic E-state index is 10.7. The summed E-state index contributed by atoms with van der Waals surface area (Å²) in [5.74, 6) is -4.57. The Morgan fingerprint density at radius 1 is 0.788 bits per heavy atom. The maximum atomic E-state index is 10.7. The Morgan fingerprint density at radius 3 is 1.70 bits per heavy atom. The Hall–Kier alpha value is -3.80. The Labute approximate surface area is 196 Å². The fourth-order valence-corrected chi connectivity index (χ4v) is 1.22. The van der Waals surface area contributed by atoms with E-state index < -0.39 is 41.0 Å². The zero-order valence-electron chi connectivity index (χ0n) is 18.7. The number of carbonyl (C=O) groups excluding carboxylic acids is 7. The largest absolute Gasteiger partial charge is 0.469 e. The summed E-state index contributed by atoms with van der Waals surface area (Å²) in [5.41, 5.74) is 0. The van der Waals surface area contributed by atoms with Crippen LogP contribution in [0.5, 0.6) is 0 Å². The van der Waals surface area contributed by atoms with Crippen LogP contribution in [-0.4, -0.2) is 73.0 Å². The molecular formula is C21H26O11S. The SMILES string of the molecule is C=CC(=O)C(=O)OCC.C=CC(=O)C(=S)OCC(=O)OC.CCOC(=O)C=CC(=O)C(C)=O. The highest BCUT2D eigenvalue weighted by atomic mass is 32.1. The molecule has 0 aromatic rings. The van der Waals surface area contributed by atoms with E-state index >= 15 is 0 Å². The molecule has 0 fully saturated rings. The number of hydrogen-bond donors (Lipinski definition) is 0. The molecule has 0 heterocycles. The minimum atomic E-state index is -0.840. The van der Waals surface area contributed by atoms with Gasteiger partial charge in [0.05, 0.1) is 20.3 Å². The minimum Gasteiger partial charge on any atom is -0.469 e. The molecule has 12 heteroatoms. The van der Waals surface area contributed by atoms with Gasteiger partial charge < -0.3 is 18.9 Å². The summed E-state index contributed by atoms with van der Waals surface area (Å²) >= 11 is 4.49. The van der Waals surface area contributed by atoms with Gasteiger partial charge in [-0.15, -0.1) is 0 Å². The number of rotatable bonds is 11. The number of ether oxygens (including phenoxy) is 4. The Bertz CT molecular complexity index is 794. The molecule has 0 bridgehead atoms. The summed E-state index contributed by atoms with van der Waals surface area (Å²) in [6.45, 7) is 10.8. The third-order valence-electron chi connectivity index (χ3n) is 2.60. The van der Waals surface area contributed by atoms with Crippen molar-refractivity contribution in [3.63, 3.8) is 0 Å². The number of Topliss-reactive ketones (excluding diaryl/α,β-unsaturated/α-hetero) is 1. The van der Waals surface area contributed by atoms with Crippen LogP contribution in [0, 0.1) is 0 Å². The van der Waals surface area contributed by atoms with Crippen molar-refractivity contribution in [1.82, 2.24) is 0 Å². The van der Waals surface area contributed by atoms with Crippen molar-refractivity contribution in [2.75, 3.05) is 26.9 Å². The van der Waals surface area contributed by atoms with Gasteiger partial charge >= 0.3 is 17.9 Å². The van der Waals surface area contributed by atoms with Crippen LogP contribution in [0.25, 0.3) is 0 Å². The van der Waals surface area contributed by atoms with E-state index in [1.165, 1.54) is 7.11 Å². The van der Waals surface area contributed by atoms with Gasteiger partial charge in [0.2, 0.25) is 16.6 Å². The smallest absolute Gasteiger partial charge is 0.378 e. The van der Waals surface area contributed by atoms with Gasteiger partial charge in [-0.2, -0.15) is 0 Å². The summed E-state index contributed by atoms with van der Waals surface area (Å²) in [7, 11) is 1.21. The predicted molar refractivity (Wildman–Crippen MR) is 119 cm³/mol. The Morgan fingerprint density at radius 2 is 1.30 bits per heavy atom. The van der Waals surface area contributed by atoms with Gasteiger partial charge in [0.25, 0.3) is 5.78 Å². The molecular weight excluding hydrogens is 460 g/mol. The van der Waals surface area contributed by atoms with E-state index in [4.69, 9.17) is 0 Å². The van der Waals surface area contributed by atoms with Crippen molar-refractivity contribution in [1.29, 1.82) is 0 Å². The Balaban J connectivity index is -0.000000414. The summed E-state index contributed by atoms with van der Waals surface area (Å²) in [4.78, 5) is 73.4. The maximum Gasteiger partial charge on any atom is 0.378 e. The van der Waals surface area contributed by atoms with Crippen LogP contribution in [0.2, 0.25) is 0 Å². The van der Waals surface area contributed by atoms with Gasteiger partial charge in [-0.05, 0) is 44.3 Å². The molecule has 0 atom stereocenters. The van der Waals surface area contributed by atoms with Crippen LogP contribution in [0.4, 0.5) is 0 Å². The molecule has 11 nitrogen and oxygen atoms in total. The van der Waals surface area contributed by atoms with E-state index in [0.29, 0.717) is 0 Å². The molecule has 0 saturated carbocycles. The van der Waals surface area contributed by atoms with E-state index in [2.05, 4.69) is 44.3 Å². The molecule has 0 aliphatic heterocycles. The lowest BCUT2D eigenvalue weighted by Crippen LogP contribution is -2.18. The molecule has 0 aromatic carbocycles. The normalized spacial score (nSPS) is 8.85. The van der Waals surface area contributed by atoms with E-state index in [1.54, 1.807) is 13.8 Å². The van der Waals surface area contributed by atoms with Crippen molar-refractivity contribution < 1.29 is 52.5 Å². The van der Waals surface area contributed by atoms with Crippen LogP contribution < -0.4 is 0 Å². The second-order valence-electron chi connectivity index (χ2n) is 5.02. The molecule has 0 amide bonds. The number of methoxy groups -OCH3 is 1.